The van der Waals surface area contributed by atoms with E-state index in [-0.39, 0.29) is 24.0 Å². The maximum atomic E-state index is 12.1. The average molecular weight is 442 g/mol. The number of aliphatic hydroxyl groups is 4. The third-order valence-corrected chi connectivity index (χ3v) is 6.51. The van der Waals surface area contributed by atoms with Crippen LogP contribution in [0.25, 0.3) is 6.08 Å². The Kier molecular flexibility index (Phi) is 11.4. The van der Waals surface area contributed by atoms with Crippen molar-refractivity contribution in [3.8, 4) is 0 Å². The number of Topliss-reactive ketones (excluding diaryl/α,β-unsaturated/α-hetero) is 1. The largest absolute Gasteiger partial charge is 0.392 e. The predicted octanol–water partition coefficient (Wildman–Crippen LogP) is 3.36. The zero-order valence-corrected chi connectivity index (χ0v) is 19.9. The van der Waals surface area contributed by atoms with E-state index >= 15 is 0 Å². The Bertz CT molecular complexity index is 687. The fourth-order valence-electron chi connectivity index (χ4n) is 3.55. The molecule has 6 atom stereocenters. The van der Waals surface area contributed by atoms with Crippen LogP contribution in [0.1, 0.15) is 71.0 Å². The second-order valence-electron chi connectivity index (χ2n) is 8.81. The fraction of sp³-hybridized carbons (Fsp3) is 0.739. The number of carbonyl (C=O) groups excluding carboxylic acids is 1. The summed E-state index contributed by atoms with van der Waals surface area (Å²) in [5.74, 6) is -0.552. The number of rotatable bonds is 13. The summed E-state index contributed by atoms with van der Waals surface area (Å²) in [4.78, 5) is 16.4. The monoisotopic (exact) mass is 441 g/mol. The van der Waals surface area contributed by atoms with Crippen LogP contribution in [-0.4, -0.2) is 55.6 Å². The highest BCUT2D eigenvalue weighted by molar-refractivity contribution is 7.09. The van der Waals surface area contributed by atoms with Gasteiger partial charge in [0.1, 0.15) is 5.78 Å². The summed E-state index contributed by atoms with van der Waals surface area (Å²) in [5.41, 5.74) is 1.47. The number of thiazole rings is 1. The summed E-state index contributed by atoms with van der Waals surface area (Å²) in [6.07, 6.45) is -0.110. The van der Waals surface area contributed by atoms with E-state index in [0.717, 1.165) is 10.7 Å². The van der Waals surface area contributed by atoms with Crippen molar-refractivity contribution >= 4 is 23.2 Å². The minimum absolute atomic E-state index is 0.0464. The van der Waals surface area contributed by atoms with Crippen molar-refractivity contribution in [2.75, 3.05) is 0 Å². The number of hydrogen-bond donors (Lipinski definition) is 4. The molecule has 6 nitrogen and oxygen atoms in total. The van der Waals surface area contributed by atoms with Gasteiger partial charge in [0.05, 0.1) is 35.1 Å². The Morgan fingerprint density at radius 1 is 1.10 bits per heavy atom. The summed E-state index contributed by atoms with van der Waals surface area (Å²) < 4.78 is 0. The number of nitrogens with zero attached hydrogens (tertiary/aromatic N) is 1. The van der Waals surface area contributed by atoms with Crippen LogP contribution in [0, 0.1) is 24.7 Å². The van der Waals surface area contributed by atoms with Crippen molar-refractivity contribution in [2.24, 2.45) is 17.8 Å². The molecule has 1 aromatic heterocycles. The van der Waals surface area contributed by atoms with Gasteiger partial charge in [-0.3, -0.25) is 4.79 Å². The molecule has 7 heteroatoms. The number of carbonyl (C=O) groups is 1. The van der Waals surface area contributed by atoms with Crippen molar-refractivity contribution in [1.29, 1.82) is 0 Å². The molecule has 30 heavy (non-hydrogen) atoms. The van der Waals surface area contributed by atoms with Crippen LogP contribution in [-0.2, 0) is 4.79 Å². The lowest BCUT2D eigenvalue weighted by Gasteiger charge is -2.26. The number of ketones is 1. The predicted molar refractivity (Wildman–Crippen MR) is 121 cm³/mol. The lowest BCUT2D eigenvalue weighted by molar-refractivity contribution is -0.129. The molecule has 0 radical (unpaired) electrons. The molecule has 0 aliphatic rings. The Morgan fingerprint density at radius 2 is 1.73 bits per heavy atom. The molecule has 0 fully saturated rings. The van der Waals surface area contributed by atoms with Crippen molar-refractivity contribution in [2.45, 2.75) is 91.6 Å². The van der Waals surface area contributed by atoms with E-state index in [2.05, 4.69) is 4.98 Å². The first-order chi connectivity index (χ1) is 13.9. The van der Waals surface area contributed by atoms with Gasteiger partial charge in [0.2, 0.25) is 0 Å². The van der Waals surface area contributed by atoms with E-state index in [4.69, 9.17) is 0 Å². The van der Waals surface area contributed by atoms with Gasteiger partial charge >= 0.3 is 0 Å². The lowest BCUT2D eigenvalue weighted by Crippen LogP contribution is -2.34. The molecule has 1 aromatic rings. The summed E-state index contributed by atoms with van der Waals surface area (Å²) in [7, 11) is 0. The number of aromatic nitrogens is 1. The van der Waals surface area contributed by atoms with Crippen molar-refractivity contribution in [3.63, 3.8) is 0 Å². The molecule has 0 aromatic carbocycles. The van der Waals surface area contributed by atoms with E-state index in [1.165, 1.54) is 11.3 Å². The molecular weight excluding hydrogens is 402 g/mol. The number of hydrogen-bond acceptors (Lipinski definition) is 7. The zero-order chi connectivity index (χ0) is 23.0. The van der Waals surface area contributed by atoms with Crippen molar-refractivity contribution < 1.29 is 25.2 Å². The van der Waals surface area contributed by atoms with Gasteiger partial charge in [-0.05, 0) is 44.3 Å². The second kappa shape index (κ2) is 12.7. The Morgan fingerprint density at radius 3 is 2.27 bits per heavy atom. The van der Waals surface area contributed by atoms with Gasteiger partial charge in [0, 0.05) is 23.6 Å². The van der Waals surface area contributed by atoms with E-state index in [1.54, 1.807) is 19.9 Å². The Balaban J connectivity index is 2.44. The number of aryl methyl sites for hydroxylation is 1. The molecule has 0 amide bonds. The SMILES string of the molecule is C/C(=C\c1csc(C)n1)[C@@H](O)CC(O)C(O)CCC[C@H](C)[C@H](O)[C@@H](C)C(=O)C(C)C. The fourth-order valence-corrected chi connectivity index (χ4v) is 4.12. The first kappa shape index (κ1) is 26.9. The topological polar surface area (TPSA) is 111 Å². The quantitative estimate of drug-likeness (QED) is 0.374. The Labute approximate surface area is 184 Å². The molecule has 2 unspecified atom stereocenters. The van der Waals surface area contributed by atoms with Crippen molar-refractivity contribution in [3.05, 3.63) is 21.7 Å². The second-order valence-corrected chi connectivity index (χ2v) is 9.87. The molecule has 0 aliphatic carbocycles. The minimum atomic E-state index is -1.04. The highest BCUT2D eigenvalue weighted by atomic mass is 32.1. The van der Waals surface area contributed by atoms with Gasteiger partial charge in [-0.1, -0.05) is 34.1 Å². The highest BCUT2D eigenvalue weighted by Crippen LogP contribution is 2.23. The lowest BCUT2D eigenvalue weighted by atomic mass is 9.84. The third kappa shape index (κ3) is 8.55. The van der Waals surface area contributed by atoms with Crippen LogP contribution >= 0.6 is 11.3 Å². The first-order valence-corrected chi connectivity index (χ1v) is 11.7. The maximum Gasteiger partial charge on any atom is 0.140 e. The van der Waals surface area contributed by atoms with E-state index in [1.807, 2.05) is 33.1 Å². The van der Waals surface area contributed by atoms with Crippen molar-refractivity contribution in [1.82, 2.24) is 4.98 Å². The summed E-state index contributed by atoms with van der Waals surface area (Å²) >= 11 is 1.53. The molecule has 0 saturated carbocycles. The van der Waals surface area contributed by atoms with Crippen LogP contribution in [0.15, 0.2) is 11.0 Å². The van der Waals surface area contributed by atoms with Crippen LogP contribution in [0.3, 0.4) is 0 Å². The molecule has 0 saturated heterocycles. The summed E-state index contributed by atoms with van der Waals surface area (Å²) in [6, 6.07) is 0. The van der Waals surface area contributed by atoms with Crippen LogP contribution < -0.4 is 0 Å². The van der Waals surface area contributed by atoms with E-state index in [9.17, 15) is 25.2 Å². The maximum absolute atomic E-state index is 12.1. The molecule has 4 N–H and O–H groups in total. The van der Waals surface area contributed by atoms with Gasteiger partial charge in [-0.15, -0.1) is 11.3 Å². The molecule has 0 aliphatic heterocycles. The zero-order valence-electron chi connectivity index (χ0n) is 19.1. The standard InChI is InChI=1S/C23H39NO5S/c1-13(2)22(28)16(5)23(29)14(3)8-7-9-19(25)21(27)11-20(26)15(4)10-18-12-30-17(6)24-18/h10,12-14,16,19-21,23,25-27,29H,7-9,11H2,1-6H3/b15-10+/t14-,16-,19?,20-,21?,23-/m0/s1. The average Bonchev–Trinajstić information content (AvgIpc) is 3.10. The third-order valence-electron chi connectivity index (χ3n) is 5.72. The normalized spacial score (nSPS) is 18.7. The molecule has 0 bridgehead atoms. The molecule has 0 spiro atoms. The van der Waals surface area contributed by atoms with E-state index < -0.39 is 30.3 Å². The Hall–Kier alpha value is -1.12. The molecule has 1 rings (SSSR count). The van der Waals surface area contributed by atoms with Crippen LogP contribution in [0.4, 0.5) is 0 Å². The van der Waals surface area contributed by atoms with Gasteiger partial charge in [-0.2, -0.15) is 0 Å². The highest BCUT2D eigenvalue weighted by Gasteiger charge is 2.28. The number of aliphatic hydroxyl groups excluding tert-OH is 4. The molecular formula is C23H39NO5S. The smallest absolute Gasteiger partial charge is 0.140 e. The minimum Gasteiger partial charge on any atom is -0.392 e. The van der Waals surface area contributed by atoms with Gasteiger partial charge < -0.3 is 20.4 Å². The van der Waals surface area contributed by atoms with E-state index in [0.29, 0.717) is 24.8 Å². The summed E-state index contributed by atoms with van der Waals surface area (Å²) in [5, 5.41) is 44.1. The molecule has 1 heterocycles. The molecule has 172 valence electrons. The first-order valence-electron chi connectivity index (χ1n) is 10.8. The van der Waals surface area contributed by atoms with Crippen LogP contribution in [0.2, 0.25) is 0 Å². The van der Waals surface area contributed by atoms with Gasteiger partial charge in [0.15, 0.2) is 0 Å². The van der Waals surface area contributed by atoms with Gasteiger partial charge in [-0.25, -0.2) is 4.98 Å². The van der Waals surface area contributed by atoms with Crippen LogP contribution in [0.5, 0.6) is 0 Å². The summed E-state index contributed by atoms with van der Waals surface area (Å²) in [6.45, 7) is 11.0. The van der Waals surface area contributed by atoms with Gasteiger partial charge in [0.25, 0.3) is 0 Å².